The van der Waals surface area contributed by atoms with Gasteiger partial charge in [0.15, 0.2) is 11.9 Å². The van der Waals surface area contributed by atoms with Crippen LogP contribution in [0, 0.1) is 5.41 Å². The molecule has 0 saturated carbocycles. The van der Waals surface area contributed by atoms with Crippen molar-refractivity contribution in [2.45, 2.75) is 98.2 Å². The Morgan fingerprint density at radius 2 is 1.42 bits per heavy atom. The summed E-state index contributed by atoms with van der Waals surface area (Å²) in [5.74, 6) is -1.96. The van der Waals surface area contributed by atoms with E-state index in [-0.39, 0.29) is 18.6 Å². The fraction of sp³-hybridized carbons (Fsp3) is 0.514. The molecule has 1 aliphatic rings. The molecule has 0 aromatic carbocycles. The van der Waals surface area contributed by atoms with Gasteiger partial charge in [0.2, 0.25) is 0 Å². The Balaban J connectivity index is 2.73. The number of rotatable bonds is 16. The number of ether oxygens (including phenoxy) is 2. The lowest BCUT2D eigenvalue weighted by Crippen LogP contribution is -2.47. The fourth-order valence-corrected chi connectivity index (χ4v) is 4.46. The van der Waals surface area contributed by atoms with E-state index in [4.69, 9.17) is 14.6 Å². The third kappa shape index (κ3) is 14.1. The molecule has 0 bridgehead atoms. The Bertz CT molecular complexity index is 1240. The number of aliphatic hydroxyl groups excluding tert-OH is 5. The second-order valence-corrected chi connectivity index (χ2v) is 12.1. The number of carbonyl (C=O) groups is 3. The van der Waals surface area contributed by atoms with Crippen molar-refractivity contribution in [3.8, 4) is 0 Å². The molecule has 0 saturated heterocycles. The highest BCUT2D eigenvalue weighted by molar-refractivity contribution is 6.01. The molecule has 10 heteroatoms. The quantitative estimate of drug-likeness (QED) is 0.126. The lowest BCUT2D eigenvalue weighted by Gasteiger charge is -2.36. The average Bonchev–Trinajstić information content (AvgIpc) is 2.97. The van der Waals surface area contributed by atoms with Crippen LogP contribution in [0.1, 0.15) is 67.7 Å². The SMILES string of the molecule is CC(C)=CC=CC=C(C)C=CC=C(C)C=CC1=C(C)C(=O)C(OC(=O)CCC(=O)OCC(O)C(O)C(O)C(O)CO)CC1(C)C. The summed E-state index contributed by atoms with van der Waals surface area (Å²) in [6.45, 7) is 12.1. The maximum Gasteiger partial charge on any atom is 0.307 e. The summed E-state index contributed by atoms with van der Waals surface area (Å²) < 4.78 is 10.2. The summed E-state index contributed by atoms with van der Waals surface area (Å²) in [5, 5.41) is 47.4. The van der Waals surface area contributed by atoms with Gasteiger partial charge in [0.05, 0.1) is 19.4 Å². The van der Waals surface area contributed by atoms with Crippen LogP contribution in [-0.2, 0) is 23.9 Å². The van der Waals surface area contributed by atoms with Crippen molar-refractivity contribution in [2.75, 3.05) is 13.2 Å². The second kappa shape index (κ2) is 19.2. The van der Waals surface area contributed by atoms with E-state index in [9.17, 15) is 34.8 Å². The molecule has 0 aromatic heterocycles. The van der Waals surface area contributed by atoms with Gasteiger partial charge in [-0.25, -0.2) is 0 Å². The summed E-state index contributed by atoms with van der Waals surface area (Å²) in [7, 11) is 0. The van der Waals surface area contributed by atoms with Gasteiger partial charge in [-0.3, -0.25) is 14.4 Å². The molecular formula is C35H50O10. The molecule has 5 N–H and O–H groups in total. The number of aliphatic hydroxyl groups is 5. The molecule has 250 valence electrons. The third-order valence-corrected chi connectivity index (χ3v) is 7.17. The van der Waals surface area contributed by atoms with Crippen LogP contribution in [0.3, 0.4) is 0 Å². The number of hydrogen-bond donors (Lipinski definition) is 5. The second-order valence-electron chi connectivity index (χ2n) is 12.1. The molecule has 5 unspecified atom stereocenters. The summed E-state index contributed by atoms with van der Waals surface area (Å²) in [4.78, 5) is 37.6. The molecule has 1 rings (SSSR count). The van der Waals surface area contributed by atoms with Gasteiger partial charge in [0.25, 0.3) is 0 Å². The van der Waals surface area contributed by atoms with Crippen LogP contribution in [0.5, 0.6) is 0 Å². The Morgan fingerprint density at radius 1 is 0.867 bits per heavy atom. The van der Waals surface area contributed by atoms with Crippen molar-refractivity contribution in [3.05, 3.63) is 82.5 Å². The predicted molar refractivity (Wildman–Crippen MR) is 172 cm³/mol. The zero-order valence-corrected chi connectivity index (χ0v) is 27.4. The smallest absolute Gasteiger partial charge is 0.307 e. The highest BCUT2D eigenvalue weighted by atomic mass is 16.6. The van der Waals surface area contributed by atoms with Crippen LogP contribution in [0.4, 0.5) is 0 Å². The first kappa shape index (κ1) is 39.6. The van der Waals surface area contributed by atoms with E-state index in [0.717, 1.165) is 16.7 Å². The molecule has 0 radical (unpaired) electrons. The van der Waals surface area contributed by atoms with Gasteiger partial charge in [0.1, 0.15) is 31.0 Å². The lowest BCUT2D eigenvalue weighted by atomic mass is 9.71. The zero-order chi connectivity index (χ0) is 34.3. The van der Waals surface area contributed by atoms with Crippen molar-refractivity contribution in [1.29, 1.82) is 0 Å². The van der Waals surface area contributed by atoms with Crippen LogP contribution >= 0.6 is 0 Å². The zero-order valence-electron chi connectivity index (χ0n) is 27.4. The van der Waals surface area contributed by atoms with Crippen molar-refractivity contribution < 1.29 is 49.4 Å². The molecule has 0 amide bonds. The van der Waals surface area contributed by atoms with Crippen molar-refractivity contribution in [3.63, 3.8) is 0 Å². The van der Waals surface area contributed by atoms with Crippen LogP contribution in [0.25, 0.3) is 0 Å². The van der Waals surface area contributed by atoms with E-state index in [2.05, 4.69) is 0 Å². The largest absolute Gasteiger partial charge is 0.463 e. The minimum atomic E-state index is -1.88. The number of hydrogen-bond acceptors (Lipinski definition) is 10. The molecule has 0 fully saturated rings. The Labute approximate surface area is 266 Å². The minimum Gasteiger partial charge on any atom is -0.463 e. The van der Waals surface area contributed by atoms with Crippen LogP contribution < -0.4 is 0 Å². The van der Waals surface area contributed by atoms with Gasteiger partial charge in [0, 0.05) is 6.42 Å². The molecule has 5 atom stereocenters. The maximum atomic E-state index is 13.1. The first-order valence-electron chi connectivity index (χ1n) is 15.0. The third-order valence-electron chi connectivity index (χ3n) is 7.17. The number of Topliss-reactive ketones (excluding diaryl/α,β-unsaturated/α-hetero) is 1. The maximum absolute atomic E-state index is 13.1. The van der Waals surface area contributed by atoms with Gasteiger partial charge < -0.3 is 35.0 Å². The number of esters is 2. The molecule has 0 heterocycles. The van der Waals surface area contributed by atoms with E-state index in [0.29, 0.717) is 5.57 Å². The van der Waals surface area contributed by atoms with Gasteiger partial charge in [-0.1, -0.05) is 85.3 Å². The minimum absolute atomic E-state index is 0.262. The summed E-state index contributed by atoms with van der Waals surface area (Å²) in [5.41, 5.74) is 4.18. The van der Waals surface area contributed by atoms with E-state index < -0.39 is 67.5 Å². The molecule has 45 heavy (non-hydrogen) atoms. The first-order chi connectivity index (χ1) is 21.0. The highest BCUT2D eigenvalue weighted by Crippen LogP contribution is 2.40. The molecular weight excluding hydrogens is 580 g/mol. The van der Waals surface area contributed by atoms with Gasteiger partial charge in [-0.15, -0.1) is 0 Å². The van der Waals surface area contributed by atoms with Crippen molar-refractivity contribution >= 4 is 17.7 Å². The number of ketones is 1. The van der Waals surface area contributed by atoms with Crippen LogP contribution in [-0.4, -0.2) is 87.0 Å². The Hall–Kier alpha value is -3.41. The monoisotopic (exact) mass is 630 g/mol. The predicted octanol–water partition coefficient (Wildman–Crippen LogP) is 3.50. The topological polar surface area (TPSA) is 171 Å². The summed E-state index contributed by atoms with van der Waals surface area (Å²) >= 11 is 0. The first-order valence-corrected chi connectivity index (χ1v) is 15.0. The number of allylic oxidation sites excluding steroid dienone is 13. The highest BCUT2D eigenvalue weighted by Gasteiger charge is 2.40. The molecule has 0 aliphatic heterocycles. The van der Waals surface area contributed by atoms with Gasteiger partial charge in [-0.2, -0.15) is 0 Å². The molecule has 0 spiro atoms. The Kier molecular flexibility index (Phi) is 16.9. The summed E-state index contributed by atoms with van der Waals surface area (Å²) in [6, 6.07) is 0. The van der Waals surface area contributed by atoms with Crippen LogP contribution in [0.15, 0.2) is 82.5 Å². The molecule has 1 aliphatic carbocycles. The van der Waals surface area contributed by atoms with Gasteiger partial charge >= 0.3 is 11.9 Å². The average molecular weight is 631 g/mol. The Morgan fingerprint density at radius 3 is 2.04 bits per heavy atom. The van der Waals surface area contributed by atoms with E-state index in [1.807, 2.05) is 96.2 Å². The van der Waals surface area contributed by atoms with Crippen LogP contribution in [0.2, 0.25) is 0 Å². The van der Waals surface area contributed by atoms with E-state index in [1.165, 1.54) is 5.57 Å². The van der Waals surface area contributed by atoms with E-state index >= 15 is 0 Å². The molecule has 0 aromatic rings. The normalized spacial score (nSPS) is 20.4. The standard InChI is InChI=1S/C35H50O10/c1-22(2)11-8-9-12-23(3)13-10-14-24(4)15-16-26-25(5)32(41)29(19-35(26,6)7)45-31(40)18-17-30(39)44-21-28(38)34(43)33(42)27(37)20-36/h8-16,27-29,33-34,36-38,42-43H,17-21H2,1-7H3. The summed E-state index contributed by atoms with van der Waals surface area (Å²) in [6.07, 6.45) is 9.17. The fourth-order valence-electron chi connectivity index (χ4n) is 4.46. The van der Waals surface area contributed by atoms with Crippen molar-refractivity contribution in [1.82, 2.24) is 0 Å². The number of carbonyl (C=O) groups excluding carboxylic acids is 3. The van der Waals surface area contributed by atoms with Gasteiger partial charge in [-0.05, 0) is 51.2 Å². The molecule has 10 nitrogen and oxygen atoms in total. The van der Waals surface area contributed by atoms with Crippen molar-refractivity contribution in [2.24, 2.45) is 5.41 Å². The van der Waals surface area contributed by atoms with E-state index in [1.54, 1.807) is 6.92 Å². The lowest BCUT2D eigenvalue weighted by molar-refractivity contribution is -0.161.